The summed E-state index contributed by atoms with van der Waals surface area (Å²) in [6, 6.07) is 4.18. The summed E-state index contributed by atoms with van der Waals surface area (Å²) in [5, 5.41) is 21.8. The smallest absolute Gasteiger partial charge is 0.253 e. The molecule has 1 saturated carbocycles. The average molecular weight is 256 g/mol. The summed E-state index contributed by atoms with van der Waals surface area (Å²) in [5.41, 5.74) is 0.217. The second-order valence-electron chi connectivity index (χ2n) is 4.28. The Morgan fingerprint density at radius 2 is 2.24 bits per heavy atom. The Morgan fingerprint density at radius 3 is 2.88 bits per heavy atom. The van der Waals surface area contributed by atoms with Crippen LogP contribution in [0.25, 0.3) is 0 Å². The monoisotopic (exact) mass is 255 g/mol. The van der Waals surface area contributed by atoms with Gasteiger partial charge in [-0.1, -0.05) is 11.6 Å². The number of amides is 1. The van der Waals surface area contributed by atoms with Gasteiger partial charge in [-0.25, -0.2) is 0 Å². The van der Waals surface area contributed by atoms with Crippen LogP contribution in [-0.4, -0.2) is 28.8 Å². The van der Waals surface area contributed by atoms with E-state index in [0.717, 1.165) is 12.8 Å². The highest BCUT2D eigenvalue weighted by atomic mass is 35.5. The van der Waals surface area contributed by atoms with E-state index in [4.69, 9.17) is 11.6 Å². The van der Waals surface area contributed by atoms with Crippen LogP contribution in [0.4, 0.5) is 0 Å². The van der Waals surface area contributed by atoms with E-state index in [1.54, 1.807) is 0 Å². The van der Waals surface area contributed by atoms with Gasteiger partial charge in [0, 0.05) is 6.54 Å². The topological polar surface area (TPSA) is 69.6 Å². The number of hydrogen-bond donors (Lipinski definition) is 3. The molecule has 3 N–H and O–H groups in total. The molecule has 1 amide bonds. The molecule has 92 valence electrons. The zero-order valence-corrected chi connectivity index (χ0v) is 9.94. The van der Waals surface area contributed by atoms with Gasteiger partial charge in [0.2, 0.25) is 0 Å². The van der Waals surface area contributed by atoms with Crippen LogP contribution in [0.3, 0.4) is 0 Å². The van der Waals surface area contributed by atoms with Gasteiger partial charge >= 0.3 is 0 Å². The first kappa shape index (κ1) is 12.2. The number of nitrogens with one attached hydrogen (secondary N) is 1. The molecule has 1 aromatic carbocycles. The van der Waals surface area contributed by atoms with Crippen LogP contribution in [0.15, 0.2) is 18.2 Å². The molecule has 0 radical (unpaired) electrons. The molecule has 0 spiro atoms. The van der Waals surface area contributed by atoms with Crippen molar-refractivity contribution in [1.29, 1.82) is 0 Å². The van der Waals surface area contributed by atoms with E-state index in [9.17, 15) is 15.0 Å². The minimum atomic E-state index is -0.491. The molecule has 0 bridgehead atoms. The first-order valence-electron chi connectivity index (χ1n) is 5.52. The molecule has 1 atom stereocenters. The highest BCUT2D eigenvalue weighted by Gasteiger charge is 2.29. The largest absolute Gasteiger partial charge is 0.508 e. The van der Waals surface area contributed by atoms with E-state index in [1.165, 1.54) is 18.2 Å². The van der Waals surface area contributed by atoms with Gasteiger partial charge in [0.1, 0.15) is 5.75 Å². The molecule has 0 unspecified atom stereocenters. The molecule has 5 heteroatoms. The molecule has 17 heavy (non-hydrogen) atoms. The standard InChI is InChI=1S/C12H14ClNO3/c13-10-4-3-8(15)5-9(10)12(17)14-6-11(16)7-1-2-7/h3-5,7,11,15-16H,1-2,6H2,(H,14,17)/t11-/m0/s1. The Hall–Kier alpha value is -1.26. The molecular formula is C12H14ClNO3. The summed E-state index contributed by atoms with van der Waals surface area (Å²) < 4.78 is 0. The molecule has 0 aromatic heterocycles. The normalized spacial score (nSPS) is 16.6. The van der Waals surface area contributed by atoms with Crippen LogP contribution >= 0.6 is 11.6 Å². The fourth-order valence-corrected chi connectivity index (χ4v) is 1.83. The van der Waals surface area contributed by atoms with Crippen molar-refractivity contribution in [3.63, 3.8) is 0 Å². The van der Waals surface area contributed by atoms with E-state index < -0.39 is 6.10 Å². The number of rotatable bonds is 4. The summed E-state index contributed by atoms with van der Waals surface area (Å²) in [5.74, 6) is -0.0807. The Bertz CT molecular complexity index is 432. The zero-order valence-electron chi connectivity index (χ0n) is 9.19. The van der Waals surface area contributed by atoms with Crippen LogP contribution < -0.4 is 5.32 Å². The molecule has 2 rings (SSSR count). The maximum atomic E-state index is 11.7. The van der Waals surface area contributed by atoms with Crippen LogP contribution in [0.1, 0.15) is 23.2 Å². The summed E-state index contributed by atoms with van der Waals surface area (Å²) in [6.07, 6.45) is 1.54. The number of aromatic hydroxyl groups is 1. The minimum absolute atomic E-state index is 0.0118. The van der Waals surface area contributed by atoms with Gasteiger partial charge in [-0.15, -0.1) is 0 Å². The average Bonchev–Trinajstić information content (AvgIpc) is 3.12. The van der Waals surface area contributed by atoms with Crippen LogP contribution in [0.2, 0.25) is 5.02 Å². The number of hydrogen-bond acceptors (Lipinski definition) is 3. The van der Waals surface area contributed by atoms with Gasteiger partial charge in [-0.05, 0) is 37.0 Å². The Kier molecular flexibility index (Phi) is 3.54. The number of halogens is 1. The number of carbonyl (C=O) groups is 1. The molecule has 1 aliphatic rings. The third-order valence-electron chi connectivity index (χ3n) is 2.83. The van der Waals surface area contributed by atoms with Gasteiger partial charge in [0.25, 0.3) is 5.91 Å². The van der Waals surface area contributed by atoms with Gasteiger partial charge < -0.3 is 15.5 Å². The molecule has 1 aromatic rings. The first-order chi connectivity index (χ1) is 8.08. The Morgan fingerprint density at radius 1 is 1.53 bits per heavy atom. The molecule has 0 saturated heterocycles. The van der Waals surface area contributed by atoms with Crippen LogP contribution in [-0.2, 0) is 0 Å². The minimum Gasteiger partial charge on any atom is -0.508 e. The van der Waals surface area contributed by atoms with Crippen molar-refractivity contribution in [1.82, 2.24) is 5.32 Å². The Labute approximate surface area is 104 Å². The second kappa shape index (κ2) is 4.94. The van der Waals surface area contributed by atoms with Crippen molar-refractivity contribution < 1.29 is 15.0 Å². The second-order valence-corrected chi connectivity index (χ2v) is 4.69. The van der Waals surface area contributed by atoms with Crippen LogP contribution in [0.5, 0.6) is 5.75 Å². The molecule has 4 nitrogen and oxygen atoms in total. The molecular weight excluding hydrogens is 242 g/mol. The lowest BCUT2D eigenvalue weighted by atomic mass is 10.2. The summed E-state index contributed by atoms with van der Waals surface area (Å²) >= 11 is 5.85. The number of aliphatic hydroxyl groups is 1. The van der Waals surface area contributed by atoms with Crippen molar-refractivity contribution in [2.45, 2.75) is 18.9 Å². The lowest BCUT2D eigenvalue weighted by Crippen LogP contribution is -2.33. The third-order valence-corrected chi connectivity index (χ3v) is 3.16. The van der Waals surface area contributed by atoms with E-state index in [2.05, 4.69) is 5.32 Å². The van der Waals surface area contributed by atoms with Gasteiger partial charge in [-0.3, -0.25) is 4.79 Å². The fourth-order valence-electron chi connectivity index (χ4n) is 1.63. The predicted octanol–water partition coefficient (Wildman–Crippen LogP) is 1.55. The maximum absolute atomic E-state index is 11.7. The van der Waals surface area contributed by atoms with Crippen molar-refractivity contribution in [3.8, 4) is 5.75 Å². The zero-order chi connectivity index (χ0) is 12.4. The van der Waals surface area contributed by atoms with E-state index >= 15 is 0 Å². The molecule has 0 heterocycles. The van der Waals surface area contributed by atoms with Crippen molar-refractivity contribution >= 4 is 17.5 Å². The van der Waals surface area contributed by atoms with Crippen LogP contribution in [0, 0.1) is 5.92 Å². The third kappa shape index (κ3) is 3.11. The fraction of sp³-hybridized carbons (Fsp3) is 0.417. The van der Waals surface area contributed by atoms with Gasteiger partial charge in [-0.2, -0.15) is 0 Å². The molecule has 0 aliphatic heterocycles. The van der Waals surface area contributed by atoms with Gasteiger partial charge in [0.15, 0.2) is 0 Å². The number of phenols is 1. The summed E-state index contributed by atoms with van der Waals surface area (Å²) in [4.78, 5) is 11.7. The lowest BCUT2D eigenvalue weighted by molar-refractivity contribution is 0.0901. The van der Waals surface area contributed by atoms with E-state index in [1.807, 2.05) is 0 Å². The first-order valence-corrected chi connectivity index (χ1v) is 5.90. The maximum Gasteiger partial charge on any atom is 0.253 e. The number of aliphatic hydroxyl groups excluding tert-OH is 1. The predicted molar refractivity (Wildman–Crippen MR) is 64.2 cm³/mol. The lowest BCUT2D eigenvalue weighted by Gasteiger charge is -2.11. The van der Waals surface area contributed by atoms with E-state index in [-0.39, 0.29) is 28.8 Å². The van der Waals surface area contributed by atoms with E-state index in [0.29, 0.717) is 5.92 Å². The van der Waals surface area contributed by atoms with Gasteiger partial charge in [0.05, 0.1) is 16.7 Å². The Balaban J connectivity index is 1.96. The highest BCUT2D eigenvalue weighted by Crippen LogP contribution is 2.32. The van der Waals surface area contributed by atoms with Crippen molar-refractivity contribution in [2.24, 2.45) is 5.92 Å². The summed E-state index contributed by atoms with van der Waals surface area (Å²) in [7, 11) is 0. The quantitative estimate of drug-likeness (QED) is 0.765. The number of benzene rings is 1. The van der Waals surface area contributed by atoms with Crippen molar-refractivity contribution in [3.05, 3.63) is 28.8 Å². The molecule has 1 fully saturated rings. The number of phenolic OH excluding ortho intramolecular Hbond substituents is 1. The SMILES string of the molecule is O=C(NC[C@H](O)C1CC1)c1cc(O)ccc1Cl. The number of carbonyl (C=O) groups excluding carboxylic acids is 1. The summed E-state index contributed by atoms with van der Waals surface area (Å²) in [6.45, 7) is 0.218. The highest BCUT2D eigenvalue weighted by molar-refractivity contribution is 6.33. The molecule has 1 aliphatic carbocycles. The van der Waals surface area contributed by atoms with Crippen molar-refractivity contribution in [2.75, 3.05) is 6.54 Å².